The molecule has 0 bridgehead atoms. The summed E-state index contributed by atoms with van der Waals surface area (Å²) >= 11 is 2.47. The Morgan fingerprint density at radius 3 is 1.69 bits per heavy atom. The van der Waals surface area contributed by atoms with E-state index in [1.54, 1.807) is 0 Å². The molecule has 0 aromatic heterocycles. The van der Waals surface area contributed by atoms with Crippen LogP contribution in [-0.2, 0) is 19.3 Å². The van der Waals surface area contributed by atoms with Crippen LogP contribution in [0.1, 0.15) is 37.5 Å². The van der Waals surface area contributed by atoms with Gasteiger partial charge in [0.2, 0.25) is 0 Å². The first-order chi connectivity index (χ1) is 6.22. The maximum absolute atomic E-state index is 2.47. The summed E-state index contributed by atoms with van der Waals surface area (Å²) in [7, 11) is 0. The Balaban J connectivity index is 3.20. The molecule has 0 saturated carbocycles. The first-order valence-corrected chi connectivity index (χ1v) is 6.10. The van der Waals surface area contributed by atoms with Gasteiger partial charge in [-0.25, -0.2) is 0 Å². The van der Waals surface area contributed by atoms with E-state index in [-0.39, 0.29) is 0 Å². The van der Waals surface area contributed by atoms with Gasteiger partial charge in [0.15, 0.2) is 0 Å². The standard InChI is InChI=1S/C12H17I/c1-4-9-7-10(5-2)12(13)11(6-3)8-9/h7-8H,4-6H2,1-3H3. The molecule has 0 aliphatic heterocycles. The van der Waals surface area contributed by atoms with Gasteiger partial charge < -0.3 is 0 Å². The molecule has 0 radical (unpaired) electrons. The lowest BCUT2D eigenvalue weighted by Gasteiger charge is -2.09. The van der Waals surface area contributed by atoms with Crippen LogP contribution in [0, 0.1) is 3.57 Å². The summed E-state index contributed by atoms with van der Waals surface area (Å²) < 4.78 is 1.47. The summed E-state index contributed by atoms with van der Waals surface area (Å²) in [4.78, 5) is 0. The molecule has 0 nitrogen and oxygen atoms in total. The Morgan fingerprint density at radius 1 is 0.923 bits per heavy atom. The van der Waals surface area contributed by atoms with Crippen molar-refractivity contribution in [1.29, 1.82) is 0 Å². The average molecular weight is 288 g/mol. The number of rotatable bonds is 3. The molecule has 0 unspecified atom stereocenters. The first kappa shape index (κ1) is 11.0. The second-order valence-corrected chi connectivity index (χ2v) is 4.37. The monoisotopic (exact) mass is 288 g/mol. The molecule has 0 atom stereocenters. The minimum atomic E-state index is 1.15. The average Bonchev–Trinajstić information content (AvgIpc) is 2.18. The Hall–Kier alpha value is -0.0500. The lowest BCUT2D eigenvalue weighted by molar-refractivity contribution is 1.03. The number of hydrogen-bond donors (Lipinski definition) is 0. The number of halogens is 1. The molecule has 1 heteroatoms. The van der Waals surface area contributed by atoms with Crippen molar-refractivity contribution < 1.29 is 0 Å². The van der Waals surface area contributed by atoms with E-state index in [1.807, 2.05) is 0 Å². The van der Waals surface area contributed by atoms with Gasteiger partial charge in [0.25, 0.3) is 0 Å². The van der Waals surface area contributed by atoms with Crippen LogP contribution in [0.3, 0.4) is 0 Å². The first-order valence-electron chi connectivity index (χ1n) is 5.03. The highest BCUT2D eigenvalue weighted by atomic mass is 127. The number of aryl methyl sites for hydroxylation is 3. The van der Waals surface area contributed by atoms with Crippen LogP contribution in [-0.4, -0.2) is 0 Å². The van der Waals surface area contributed by atoms with Crippen molar-refractivity contribution in [1.82, 2.24) is 0 Å². The smallest absolute Gasteiger partial charge is 0.0194 e. The normalized spacial score (nSPS) is 10.5. The van der Waals surface area contributed by atoms with Crippen LogP contribution >= 0.6 is 22.6 Å². The van der Waals surface area contributed by atoms with Crippen LogP contribution in [0.5, 0.6) is 0 Å². The van der Waals surface area contributed by atoms with Crippen LogP contribution in [0.15, 0.2) is 12.1 Å². The van der Waals surface area contributed by atoms with Gasteiger partial charge in [-0.05, 0) is 58.5 Å². The molecule has 1 aromatic rings. The molecular formula is C12H17I. The van der Waals surface area contributed by atoms with Gasteiger partial charge in [0.05, 0.1) is 0 Å². The molecule has 0 aliphatic carbocycles. The third-order valence-corrected chi connectivity index (χ3v) is 3.84. The van der Waals surface area contributed by atoms with Gasteiger partial charge in [0, 0.05) is 3.57 Å². The van der Waals surface area contributed by atoms with Crippen molar-refractivity contribution >= 4 is 22.6 Å². The van der Waals surface area contributed by atoms with Gasteiger partial charge in [-0.15, -0.1) is 0 Å². The SMILES string of the molecule is CCc1cc(CC)c(I)c(CC)c1. The molecule has 0 aliphatic rings. The van der Waals surface area contributed by atoms with E-state index in [1.165, 1.54) is 20.3 Å². The summed E-state index contributed by atoms with van der Waals surface area (Å²) in [5.41, 5.74) is 4.50. The van der Waals surface area contributed by atoms with Gasteiger partial charge in [-0.2, -0.15) is 0 Å². The highest BCUT2D eigenvalue weighted by Crippen LogP contribution is 2.21. The molecular weight excluding hydrogens is 271 g/mol. The molecule has 0 N–H and O–H groups in total. The molecule has 0 spiro atoms. The third kappa shape index (κ3) is 2.46. The predicted molar refractivity (Wildman–Crippen MR) is 67.3 cm³/mol. The van der Waals surface area contributed by atoms with Crippen LogP contribution in [0.4, 0.5) is 0 Å². The molecule has 13 heavy (non-hydrogen) atoms. The van der Waals surface area contributed by atoms with E-state index in [4.69, 9.17) is 0 Å². The fraction of sp³-hybridized carbons (Fsp3) is 0.500. The zero-order valence-corrected chi connectivity index (χ0v) is 10.8. The highest BCUT2D eigenvalue weighted by molar-refractivity contribution is 14.1. The molecule has 0 fully saturated rings. The summed E-state index contributed by atoms with van der Waals surface area (Å²) in [5, 5.41) is 0. The van der Waals surface area contributed by atoms with Gasteiger partial charge >= 0.3 is 0 Å². The number of hydrogen-bond acceptors (Lipinski definition) is 0. The lowest BCUT2D eigenvalue weighted by atomic mass is 10.0. The zero-order valence-electron chi connectivity index (χ0n) is 8.65. The van der Waals surface area contributed by atoms with Crippen LogP contribution in [0.25, 0.3) is 0 Å². The van der Waals surface area contributed by atoms with E-state index in [9.17, 15) is 0 Å². The highest BCUT2D eigenvalue weighted by Gasteiger charge is 2.04. The van der Waals surface area contributed by atoms with Crippen LogP contribution in [0.2, 0.25) is 0 Å². The van der Waals surface area contributed by atoms with Gasteiger partial charge in [-0.3, -0.25) is 0 Å². The van der Waals surface area contributed by atoms with E-state index in [0.717, 1.165) is 19.3 Å². The summed E-state index contributed by atoms with van der Waals surface area (Å²) in [6.07, 6.45) is 3.45. The Bertz CT molecular complexity index is 264. The van der Waals surface area contributed by atoms with Crippen molar-refractivity contribution in [2.45, 2.75) is 40.0 Å². The Morgan fingerprint density at radius 2 is 1.38 bits per heavy atom. The Kier molecular flexibility index (Phi) is 4.23. The minimum absolute atomic E-state index is 1.15. The van der Waals surface area contributed by atoms with Gasteiger partial charge in [0.1, 0.15) is 0 Å². The van der Waals surface area contributed by atoms with E-state index >= 15 is 0 Å². The van der Waals surface area contributed by atoms with Crippen molar-refractivity contribution in [3.63, 3.8) is 0 Å². The molecule has 0 amide bonds. The zero-order chi connectivity index (χ0) is 9.84. The maximum Gasteiger partial charge on any atom is 0.0194 e. The second-order valence-electron chi connectivity index (χ2n) is 3.29. The lowest BCUT2D eigenvalue weighted by Crippen LogP contribution is -1.96. The molecule has 1 rings (SSSR count). The van der Waals surface area contributed by atoms with E-state index < -0.39 is 0 Å². The quantitative estimate of drug-likeness (QED) is 0.738. The van der Waals surface area contributed by atoms with Crippen molar-refractivity contribution in [2.24, 2.45) is 0 Å². The Labute approximate surface area is 94.9 Å². The fourth-order valence-corrected chi connectivity index (χ4v) is 2.62. The van der Waals surface area contributed by atoms with Crippen molar-refractivity contribution in [3.05, 3.63) is 32.4 Å². The summed E-state index contributed by atoms with van der Waals surface area (Å²) in [5.74, 6) is 0. The van der Waals surface area contributed by atoms with E-state index in [0.29, 0.717) is 0 Å². The van der Waals surface area contributed by atoms with Crippen molar-refractivity contribution in [2.75, 3.05) is 0 Å². The molecule has 72 valence electrons. The molecule has 0 heterocycles. The van der Waals surface area contributed by atoms with Gasteiger partial charge in [-0.1, -0.05) is 32.9 Å². The largest absolute Gasteiger partial charge is 0.0613 e. The minimum Gasteiger partial charge on any atom is -0.0613 e. The summed E-state index contributed by atoms with van der Waals surface area (Å²) in [6, 6.07) is 4.70. The summed E-state index contributed by atoms with van der Waals surface area (Å²) in [6.45, 7) is 6.69. The third-order valence-electron chi connectivity index (χ3n) is 2.45. The second kappa shape index (κ2) is 4.99. The predicted octanol–water partition coefficient (Wildman–Crippen LogP) is 3.98. The van der Waals surface area contributed by atoms with E-state index in [2.05, 4.69) is 55.5 Å². The molecule has 1 aromatic carbocycles. The number of benzene rings is 1. The topological polar surface area (TPSA) is 0 Å². The van der Waals surface area contributed by atoms with Crippen LogP contribution < -0.4 is 0 Å². The fourth-order valence-electron chi connectivity index (χ4n) is 1.54. The maximum atomic E-state index is 2.47. The molecule has 0 saturated heterocycles. The van der Waals surface area contributed by atoms with Crippen molar-refractivity contribution in [3.8, 4) is 0 Å².